The van der Waals surface area contributed by atoms with Gasteiger partial charge < -0.3 is 20.3 Å². The zero-order chi connectivity index (χ0) is 21.8. The number of amides is 3. The van der Waals surface area contributed by atoms with Crippen molar-refractivity contribution in [3.8, 4) is 5.75 Å². The van der Waals surface area contributed by atoms with Crippen molar-refractivity contribution >= 4 is 34.8 Å². The second-order valence-corrected chi connectivity index (χ2v) is 7.74. The van der Waals surface area contributed by atoms with Crippen molar-refractivity contribution in [2.75, 3.05) is 29.2 Å². The summed E-state index contributed by atoms with van der Waals surface area (Å²) in [5, 5.41) is 5.53. The molecule has 2 N–H and O–H groups in total. The van der Waals surface area contributed by atoms with Gasteiger partial charge >= 0.3 is 0 Å². The molecule has 0 unspecified atom stereocenters. The summed E-state index contributed by atoms with van der Waals surface area (Å²) in [4.78, 5) is 38.5. The van der Waals surface area contributed by atoms with Crippen molar-refractivity contribution in [2.24, 2.45) is 5.92 Å². The first-order valence-electron chi connectivity index (χ1n) is 9.95. The molecule has 2 aromatic carbocycles. The van der Waals surface area contributed by atoms with Crippen LogP contribution in [0.15, 0.2) is 42.5 Å². The summed E-state index contributed by atoms with van der Waals surface area (Å²) in [5.74, 6) is -0.194. The Hall–Kier alpha value is -3.35. The Bertz CT molecular complexity index is 971. The molecule has 0 bridgehead atoms. The summed E-state index contributed by atoms with van der Waals surface area (Å²) in [6.07, 6.45) is 0.144. The molecule has 158 valence electrons. The lowest BCUT2D eigenvalue weighted by Crippen LogP contribution is -2.28. The van der Waals surface area contributed by atoms with Crippen molar-refractivity contribution in [2.45, 2.75) is 33.1 Å². The maximum atomic E-state index is 12.9. The minimum atomic E-state index is -0.477. The molecule has 0 radical (unpaired) electrons. The number of nitrogens with one attached hydrogen (secondary N) is 2. The predicted molar refractivity (Wildman–Crippen MR) is 117 cm³/mol. The van der Waals surface area contributed by atoms with Crippen LogP contribution < -0.4 is 20.3 Å². The molecule has 1 atom stereocenters. The van der Waals surface area contributed by atoms with Gasteiger partial charge in [-0.15, -0.1) is 0 Å². The molecule has 2 aromatic rings. The maximum absolute atomic E-state index is 12.9. The van der Waals surface area contributed by atoms with Crippen LogP contribution in [0, 0.1) is 5.92 Å². The molecule has 1 heterocycles. The zero-order valence-corrected chi connectivity index (χ0v) is 17.7. The first-order valence-corrected chi connectivity index (χ1v) is 9.95. The number of hydrogen-bond donors (Lipinski definition) is 2. The van der Waals surface area contributed by atoms with E-state index in [1.54, 1.807) is 23.1 Å². The SMILES string of the molecule is COc1ccc(NC(C)=O)cc1NC(=O)[C@H]1CC(=O)N(c2cccc(C(C)C)c2)C1. The molecule has 1 aliphatic rings. The second kappa shape index (κ2) is 8.98. The molecule has 3 amide bonds. The average molecular weight is 409 g/mol. The van der Waals surface area contributed by atoms with Gasteiger partial charge in [-0.25, -0.2) is 0 Å². The predicted octanol–water partition coefficient (Wildman–Crippen LogP) is 3.77. The molecular weight excluding hydrogens is 382 g/mol. The van der Waals surface area contributed by atoms with Crippen LogP contribution in [0.1, 0.15) is 38.7 Å². The fourth-order valence-electron chi connectivity index (χ4n) is 3.51. The van der Waals surface area contributed by atoms with Crippen LogP contribution >= 0.6 is 0 Å². The molecule has 7 nitrogen and oxygen atoms in total. The molecule has 1 fully saturated rings. The summed E-state index contributed by atoms with van der Waals surface area (Å²) >= 11 is 0. The summed E-state index contributed by atoms with van der Waals surface area (Å²) in [6, 6.07) is 12.9. The Labute approximate surface area is 176 Å². The monoisotopic (exact) mass is 409 g/mol. The normalized spacial score (nSPS) is 16.0. The van der Waals surface area contributed by atoms with Gasteiger partial charge in [0, 0.05) is 31.3 Å². The lowest BCUT2D eigenvalue weighted by Gasteiger charge is -2.19. The molecule has 3 rings (SSSR count). The van der Waals surface area contributed by atoms with E-state index in [-0.39, 0.29) is 24.1 Å². The molecule has 0 aliphatic carbocycles. The lowest BCUT2D eigenvalue weighted by molar-refractivity contribution is -0.122. The van der Waals surface area contributed by atoms with E-state index >= 15 is 0 Å². The van der Waals surface area contributed by atoms with E-state index in [0.717, 1.165) is 11.3 Å². The number of carbonyl (C=O) groups excluding carboxylic acids is 3. The van der Waals surface area contributed by atoms with Gasteiger partial charge in [-0.2, -0.15) is 0 Å². The number of nitrogens with zero attached hydrogens (tertiary/aromatic N) is 1. The quantitative estimate of drug-likeness (QED) is 0.760. The van der Waals surface area contributed by atoms with Crippen molar-refractivity contribution in [3.05, 3.63) is 48.0 Å². The fourth-order valence-corrected chi connectivity index (χ4v) is 3.51. The Morgan fingerprint density at radius 1 is 1.13 bits per heavy atom. The molecule has 0 aromatic heterocycles. The molecule has 7 heteroatoms. The summed E-state index contributed by atoms with van der Waals surface area (Å²) < 4.78 is 5.31. The zero-order valence-electron chi connectivity index (χ0n) is 17.7. The van der Waals surface area contributed by atoms with Crippen LogP contribution in [0.2, 0.25) is 0 Å². The lowest BCUT2D eigenvalue weighted by atomic mass is 10.0. The number of anilines is 3. The van der Waals surface area contributed by atoms with Crippen LogP contribution in [0.4, 0.5) is 17.1 Å². The van der Waals surface area contributed by atoms with Crippen LogP contribution in [0.5, 0.6) is 5.75 Å². The highest BCUT2D eigenvalue weighted by Gasteiger charge is 2.35. The third-order valence-corrected chi connectivity index (χ3v) is 5.12. The Morgan fingerprint density at radius 3 is 2.57 bits per heavy atom. The van der Waals surface area contributed by atoms with Crippen molar-refractivity contribution in [1.82, 2.24) is 0 Å². The number of carbonyl (C=O) groups is 3. The molecule has 1 aliphatic heterocycles. The van der Waals surface area contributed by atoms with E-state index in [0.29, 0.717) is 29.6 Å². The third kappa shape index (κ3) is 4.79. The van der Waals surface area contributed by atoms with Crippen molar-refractivity contribution in [1.29, 1.82) is 0 Å². The Balaban J connectivity index is 1.75. The summed E-state index contributed by atoms with van der Waals surface area (Å²) in [5.41, 5.74) is 2.95. The summed E-state index contributed by atoms with van der Waals surface area (Å²) in [6.45, 7) is 5.93. The highest BCUT2D eigenvalue weighted by molar-refractivity contribution is 6.04. The molecule has 0 saturated carbocycles. The van der Waals surface area contributed by atoms with Gasteiger partial charge in [-0.1, -0.05) is 26.0 Å². The number of methoxy groups -OCH3 is 1. The largest absolute Gasteiger partial charge is 0.495 e. The van der Waals surface area contributed by atoms with E-state index in [9.17, 15) is 14.4 Å². The van der Waals surface area contributed by atoms with Crippen molar-refractivity contribution < 1.29 is 19.1 Å². The van der Waals surface area contributed by atoms with Gasteiger partial charge in [0.25, 0.3) is 0 Å². The minimum absolute atomic E-state index is 0.0741. The summed E-state index contributed by atoms with van der Waals surface area (Å²) in [7, 11) is 1.51. The van der Waals surface area contributed by atoms with E-state index < -0.39 is 5.92 Å². The Kier molecular flexibility index (Phi) is 6.40. The molecule has 0 spiro atoms. The smallest absolute Gasteiger partial charge is 0.229 e. The van der Waals surface area contributed by atoms with Crippen LogP contribution in [-0.4, -0.2) is 31.4 Å². The van der Waals surface area contributed by atoms with Gasteiger partial charge in [0.15, 0.2) is 0 Å². The van der Waals surface area contributed by atoms with E-state index in [1.807, 2.05) is 24.3 Å². The molecule has 30 heavy (non-hydrogen) atoms. The number of ether oxygens (including phenoxy) is 1. The topological polar surface area (TPSA) is 87.7 Å². The average Bonchev–Trinajstić information content (AvgIpc) is 3.10. The van der Waals surface area contributed by atoms with Crippen molar-refractivity contribution in [3.63, 3.8) is 0 Å². The van der Waals surface area contributed by atoms with Gasteiger partial charge in [0.2, 0.25) is 17.7 Å². The fraction of sp³-hybridized carbons (Fsp3) is 0.348. The van der Waals surface area contributed by atoms with Gasteiger partial charge in [0.05, 0.1) is 18.7 Å². The third-order valence-electron chi connectivity index (χ3n) is 5.12. The van der Waals surface area contributed by atoms with E-state index in [4.69, 9.17) is 4.74 Å². The number of benzene rings is 2. The highest BCUT2D eigenvalue weighted by Crippen LogP contribution is 2.31. The van der Waals surface area contributed by atoms with Crippen LogP contribution in [-0.2, 0) is 14.4 Å². The van der Waals surface area contributed by atoms with Gasteiger partial charge in [-0.3, -0.25) is 14.4 Å². The standard InChI is InChI=1S/C23H27N3O4/c1-14(2)16-6-5-7-19(10-16)26-13-17(11-22(26)28)23(29)25-20-12-18(24-15(3)27)8-9-21(20)30-4/h5-10,12,14,17H,11,13H2,1-4H3,(H,24,27)(H,25,29)/t17-/m0/s1. The van der Waals surface area contributed by atoms with Crippen LogP contribution in [0.3, 0.4) is 0 Å². The second-order valence-electron chi connectivity index (χ2n) is 7.74. The maximum Gasteiger partial charge on any atom is 0.229 e. The number of rotatable bonds is 6. The first-order chi connectivity index (χ1) is 14.3. The van der Waals surface area contributed by atoms with E-state index in [2.05, 4.69) is 24.5 Å². The Morgan fingerprint density at radius 2 is 1.90 bits per heavy atom. The van der Waals surface area contributed by atoms with Crippen LogP contribution in [0.25, 0.3) is 0 Å². The van der Waals surface area contributed by atoms with E-state index in [1.165, 1.54) is 14.0 Å². The molecular formula is C23H27N3O4. The molecule has 1 saturated heterocycles. The first kappa shape index (κ1) is 21.4. The van der Waals surface area contributed by atoms with Gasteiger partial charge in [-0.05, 0) is 41.8 Å². The minimum Gasteiger partial charge on any atom is -0.495 e. The highest BCUT2D eigenvalue weighted by atomic mass is 16.5. The number of hydrogen-bond acceptors (Lipinski definition) is 4. The van der Waals surface area contributed by atoms with Gasteiger partial charge in [0.1, 0.15) is 5.75 Å².